The van der Waals surface area contributed by atoms with E-state index in [2.05, 4.69) is 26.8 Å². The molecule has 0 atom stereocenters. The van der Waals surface area contributed by atoms with Crippen molar-refractivity contribution >= 4 is 43.4 Å². The van der Waals surface area contributed by atoms with Gasteiger partial charge in [0.2, 0.25) is 0 Å². The number of thiazole rings is 1. The SMILES string of the molecule is C#CCn1c(=NC(=O)c2cccc(OC)c2OC)sc2cc(Br)ccc21. The first-order valence-corrected chi connectivity index (χ1v) is 9.22. The van der Waals surface area contributed by atoms with Crippen LogP contribution in [0.4, 0.5) is 0 Å². The van der Waals surface area contributed by atoms with Gasteiger partial charge in [0, 0.05) is 4.47 Å². The molecule has 3 rings (SSSR count). The highest BCUT2D eigenvalue weighted by Crippen LogP contribution is 2.31. The lowest BCUT2D eigenvalue weighted by atomic mass is 10.2. The van der Waals surface area contributed by atoms with Gasteiger partial charge < -0.3 is 14.0 Å². The number of rotatable bonds is 4. The maximum atomic E-state index is 12.8. The van der Waals surface area contributed by atoms with E-state index in [0.29, 0.717) is 28.4 Å². The highest BCUT2D eigenvalue weighted by Gasteiger charge is 2.16. The Morgan fingerprint density at radius 3 is 2.81 bits per heavy atom. The summed E-state index contributed by atoms with van der Waals surface area (Å²) >= 11 is 4.86. The second-order valence-corrected chi connectivity index (χ2v) is 7.17. The van der Waals surface area contributed by atoms with Crippen molar-refractivity contribution in [2.24, 2.45) is 4.99 Å². The summed E-state index contributed by atoms with van der Waals surface area (Å²) in [5.41, 5.74) is 1.26. The van der Waals surface area contributed by atoms with Crippen molar-refractivity contribution in [3.8, 4) is 23.8 Å². The molecule has 0 fully saturated rings. The molecular weight excluding hydrogens is 416 g/mol. The minimum absolute atomic E-state index is 0.322. The van der Waals surface area contributed by atoms with Crippen LogP contribution in [-0.4, -0.2) is 24.7 Å². The Hall–Kier alpha value is -2.56. The van der Waals surface area contributed by atoms with E-state index in [4.69, 9.17) is 15.9 Å². The molecule has 0 aliphatic rings. The molecular formula is C19H15BrN2O3S. The molecule has 0 saturated heterocycles. The number of halogens is 1. The van der Waals surface area contributed by atoms with Crippen LogP contribution >= 0.6 is 27.3 Å². The van der Waals surface area contributed by atoms with Crippen LogP contribution < -0.4 is 14.3 Å². The maximum absolute atomic E-state index is 12.8. The summed E-state index contributed by atoms with van der Waals surface area (Å²) in [5, 5.41) is 0. The van der Waals surface area contributed by atoms with Gasteiger partial charge in [0.1, 0.15) is 0 Å². The summed E-state index contributed by atoms with van der Waals surface area (Å²) in [6.07, 6.45) is 5.50. The zero-order valence-electron chi connectivity index (χ0n) is 14.2. The van der Waals surface area contributed by atoms with Crippen LogP contribution in [0.2, 0.25) is 0 Å². The second kappa shape index (κ2) is 7.77. The fourth-order valence-electron chi connectivity index (χ4n) is 2.58. The molecule has 0 saturated carbocycles. The molecule has 1 amide bonds. The first kappa shape index (κ1) is 18.2. The number of hydrogen-bond acceptors (Lipinski definition) is 4. The van der Waals surface area contributed by atoms with Crippen LogP contribution in [0, 0.1) is 12.3 Å². The number of para-hydroxylation sites is 1. The van der Waals surface area contributed by atoms with Gasteiger partial charge in [-0.2, -0.15) is 4.99 Å². The number of benzene rings is 2. The smallest absolute Gasteiger partial charge is 0.283 e. The Morgan fingerprint density at radius 1 is 1.31 bits per heavy atom. The summed E-state index contributed by atoms with van der Waals surface area (Å²) in [4.78, 5) is 17.6. The first-order chi connectivity index (χ1) is 12.6. The van der Waals surface area contributed by atoms with E-state index in [1.807, 2.05) is 22.8 Å². The number of terminal acetylenes is 1. The molecule has 0 aliphatic heterocycles. The summed E-state index contributed by atoms with van der Waals surface area (Å²) < 4.78 is 14.4. The van der Waals surface area contributed by atoms with Gasteiger partial charge in [-0.15, -0.1) is 6.42 Å². The van der Waals surface area contributed by atoms with Gasteiger partial charge in [-0.05, 0) is 30.3 Å². The number of carbonyl (C=O) groups is 1. The molecule has 2 aromatic carbocycles. The van der Waals surface area contributed by atoms with Gasteiger partial charge >= 0.3 is 0 Å². The number of nitrogens with zero attached hydrogens (tertiary/aromatic N) is 2. The van der Waals surface area contributed by atoms with Crippen LogP contribution in [0.15, 0.2) is 45.9 Å². The fraction of sp³-hybridized carbons (Fsp3) is 0.158. The van der Waals surface area contributed by atoms with Gasteiger partial charge in [-0.1, -0.05) is 39.3 Å². The minimum Gasteiger partial charge on any atom is -0.493 e. The molecule has 1 aromatic heterocycles. The van der Waals surface area contributed by atoms with E-state index >= 15 is 0 Å². The molecule has 7 heteroatoms. The average Bonchev–Trinajstić information content (AvgIpc) is 2.97. The lowest BCUT2D eigenvalue weighted by Crippen LogP contribution is -2.16. The highest BCUT2D eigenvalue weighted by molar-refractivity contribution is 9.10. The molecule has 0 unspecified atom stereocenters. The number of fused-ring (bicyclic) bond motifs is 1. The van der Waals surface area contributed by atoms with Gasteiger partial charge in [0.15, 0.2) is 16.3 Å². The van der Waals surface area contributed by atoms with Crippen LogP contribution in [0.25, 0.3) is 10.2 Å². The molecule has 5 nitrogen and oxygen atoms in total. The van der Waals surface area contributed by atoms with Crippen LogP contribution in [-0.2, 0) is 6.54 Å². The molecule has 0 spiro atoms. The molecule has 132 valence electrons. The molecule has 0 radical (unpaired) electrons. The van der Waals surface area contributed by atoms with Crippen molar-refractivity contribution in [3.05, 3.63) is 51.2 Å². The van der Waals surface area contributed by atoms with E-state index in [0.717, 1.165) is 14.7 Å². The zero-order valence-corrected chi connectivity index (χ0v) is 16.6. The van der Waals surface area contributed by atoms with Gasteiger partial charge in [0.25, 0.3) is 5.91 Å². The van der Waals surface area contributed by atoms with E-state index in [1.165, 1.54) is 25.6 Å². The third kappa shape index (κ3) is 3.39. The van der Waals surface area contributed by atoms with Crippen molar-refractivity contribution in [3.63, 3.8) is 0 Å². The summed E-state index contributed by atoms with van der Waals surface area (Å²) in [6, 6.07) is 11.0. The Kier molecular flexibility index (Phi) is 5.45. The van der Waals surface area contributed by atoms with Gasteiger partial charge in [-0.3, -0.25) is 4.79 Å². The van der Waals surface area contributed by atoms with Crippen molar-refractivity contribution in [1.82, 2.24) is 4.57 Å². The second-order valence-electron chi connectivity index (χ2n) is 5.24. The summed E-state index contributed by atoms with van der Waals surface area (Å²) in [6.45, 7) is 0.322. The minimum atomic E-state index is -0.419. The fourth-order valence-corrected chi connectivity index (χ4v) is 4.16. The molecule has 1 heterocycles. The predicted octanol–water partition coefficient (Wildman–Crippen LogP) is 3.86. The van der Waals surface area contributed by atoms with E-state index < -0.39 is 5.91 Å². The highest BCUT2D eigenvalue weighted by atomic mass is 79.9. The lowest BCUT2D eigenvalue weighted by Gasteiger charge is -2.09. The zero-order chi connectivity index (χ0) is 18.7. The van der Waals surface area contributed by atoms with Crippen molar-refractivity contribution in [2.45, 2.75) is 6.54 Å². The van der Waals surface area contributed by atoms with E-state index in [9.17, 15) is 4.79 Å². The molecule has 3 aromatic rings. The summed E-state index contributed by atoms with van der Waals surface area (Å²) in [5.74, 6) is 3.03. The Morgan fingerprint density at radius 2 is 2.12 bits per heavy atom. The Labute approximate surface area is 163 Å². The normalized spacial score (nSPS) is 11.4. The third-order valence-corrected chi connectivity index (χ3v) is 5.26. The topological polar surface area (TPSA) is 52.8 Å². The van der Waals surface area contributed by atoms with Crippen LogP contribution in [0.1, 0.15) is 10.4 Å². The van der Waals surface area contributed by atoms with Crippen LogP contribution in [0.3, 0.4) is 0 Å². The largest absolute Gasteiger partial charge is 0.493 e. The number of methoxy groups -OCH3 is 2. The first-order valence-electron chi connectivity index (χ1n) is 7.61. The van der Waals surface area contributed by atoms with Crippen molar-refractivity contribution in [2.75, 3.05) is 14.2 Å². The van der Waals surface area contributed by atoms with E-state index in [1.54, 1.807) is 18.2 Å². The van der Waals surface area contributed by atoms with Gasteiger partial charge in [0.05, 0.1) is 36.5 Å². The number of ether oxygens (including phenoxy) is 2. The molecule has 0 aliphatic carbocycles. The number of hydrogen-bond donors (Lipinski definition) is 0. The molecule has 26 heavy (non-hydrogen) atoms. The van der Waals surface area contributed by atoms with Gasteiger partial charge in [-0.25, -0.2) is 0 Å². The maximum Gasteiger partial charge on any atom is 0.283 e. The third-order valence-electron chi connectivity index (χ3n) is 3.72. The number of carbonyl (C=O) groups excluding carboxylic acids is 1. The summed E-state index contributed by atoms with van der Waals surface area (Å²) in [7, 11) is 3.01. The van der Waals surface area contributed by atoms with Crippen molar-refractivity contribution < 1.29 is 14.3 Å². The monoisotopic (exact) mass is 430 g/mol. The van der Waals surface area contributed by atoms with Crippen LogP contribution in [0.5, 0.6) is 11.5 Å². The quantitative estimate of drug-likeness (QED) is 0.590. The number of amides is 1. The average molecular weight is 431 g/mol. The Balaban J connectivity index is 2.18. The number of aromatic nitrogens is 1. The lowest BCUT2D eigenvalue weighted by molar-refractivity contribution is 0.0994. The Bertz CT molecular complexity index is 1090. The van der Waals surface area contributed by atoms with E-state index in [-0.39, 0.29) is 0 Å². The molecule has 0 N–H and O–H groups in total. The van der Waals surface area contributed by atoms with Crippen molar-refractivity contribution in [1.29, 1.82) is 0 Å². The standard InChI is InChI=1S/C19H15BrN2O3S/c1-4-10-22-14-9-8-12(20)11-16(14)26-19(22)21-18(23)13-6-5-7-15(24-2)17(13)25-3/h1,5-9,11H,10H2,2-3H3. The predicted molar refractivity (Wildman–Crippen MR) is 106 cm³/mol. The molecule has 0 bridgehead atoms.